The second kappa shape index (κ2) is 9.93. The summed E-state index contributed by atoms with van der Waals surface area (Å²) in [6.45, 7) is 0.800. The number of benzene rings is 2. The number of anilines is 1. The van der Waals surface area contributed by atoms with Gasteiger partial charge in [0.25, 0.3) is 5.91 Å². The van der Waals surface area contributed by atoms with Gasteiger partial charge >= 0.3 is 0 Å². The lowest BCUT2D eigenvalue weighted by atomic mass is 10.2. The summed E-state index contributed by atoms with van der Waals surface area (Å²) in [4.78, 5) is 26.5. The second-order valence-corrected chi connectivity index (χ2v) is 9.37. The Labute approximate surface area is 182 Å². The number of carbonyl (C=O) groups is 2. The van der Waals surface area contributed by atoms with Crippen LogP contribution in [0.25, 0.3) is 0 Å². The Hall–Kier alpha value is -2.91. The summed E-state index contributed by atoms with van der Waals surface area (Å²) in [7, 11) is -0.609. The molecule has 0 spiro atoms. The molecule has 31 heavy (non-hydrogen) atoms. The fourth-order valence-electron chi connectivity index (χ4n) is 3.45. The molecular formula is C22H27N3O5S. The normalized spacial score (nSPS) is 14.6. The molecule has 1 N–H and O–H groups in total. The molecule has 166 valence electrons. The van der Waals surface area contributed by atoms with Crippen molar-refractivity contribution in [1.82, 2.24) is 9.21 Å². The van der Waals surface area contributed by atoms with Crippen LogP contribution < -0.4 is 10.1 Å². The van der Waals surface area contributed by atoms with Crippen LogP contribution in [0.1, 0.15) is 29.6 Å². The Morgan fingerprint density at radius 3 is 2.48 bits per heavy atom. The van der Waals surface area contributed by atoms with Gasteiger partial charge in [-0.3, -0.25) is 9.59 Å². The highest BCUT2D eigenvalue weighted by Crippen LogP contribution is 2.22. The molecule has 9 heteroatoms. The first kappa shape index (κ1) is 22.8. The number of likely N-dealkylation sites (N-methyl/N-ethyl adjacent to an activating group) is 1. The van der Waals surface area contributed by atoms with Crippen LogP contribution in [0, 0.1) is 0 Å². The fraction of sp³-hybridized carbons (Fsp3) is 0.364. The Bertz CT molecular complexity index is 1050. The van der Waals surface area contributed by atoms with E-state index in [9.17, 15) is 18.0 Å². The highest BCUT2D eigenvalue weighted by atomic mass is 32.2. The van der Waals surface area contributed by atoms with Gasteiger partial charge in [-0.1, -0.05) is 18.6 Å². The molecule has 1 heterocycles. The predicted molar refractivity (Wildman–Crippen MR) is 118 cm³/mol. The van der Waals surface area contributed by atoms with E-state index in [2.05, 4.69) is 5.32 Å². The van der Waals surface area contributed by atoms with Crippen LogP contribution in [0.15, 0.2) is 53.4 Å². The number of rotatable bonds is 7. The molecule has 2 aromatic rings. The van der Waals surface area contributed by atoms with Crippen molar-refractivity contribution in [2.75, 3.05) is 39.1 Å². The highest BCUT2D eigenvalue weighted by Gasteiger charge is 2.27. The van der Waals surface area contributed by atoms with Gasteiger partial charge in [0.15, 0.2) is 0 Å². The standard InChI is InChI=1S/C22H27N3O5S/c1-24(16-21(26)23-18-9-7-10-19(15-18)30-2)22(27)17-8-6-11-20(14-17)31(28,29)25-12-4-3-5-13-25/h6-11,14-15H,3-5,12-13,16H2,1-2H3,(H,23,26). The topological polar surface area (TPSA) is 96.0 Å². The SMILES string of the molecule is COc1cccc(NC(=O)CN(C)C(=O)c2cccc(S(=O)(=O)N3CCCCC3)c2)c1. The average Bonchev–Trinajstić information content (AvgIpc) is 2.79. The number of carbonyl (C=O) groups excluding carboxylic acids is 2. The Balaban J connectivity index is 1.67. The molecule has 0 bridgehead atoms. The minimum atomic E-state index is -3.64. The van der Waals surface area contributed by atoms with E-state index in [1.165, 1.54) is 35.5 Å². The van der Waals surface area contributed by atoms with Crippen LogP contribution in [-0.4, -0.2) is 63.2 Å². The first-order valence-corrected chi connectivity index (χ1v) is 11.5. The quantitative estimate of drug-likeness (QED) is 0.707. The van der Waals surface area contributed by atoms with Crippen LogP contribution in [0.2, 0.25) is 0 Å². The van der Waals surface area contributed by atoms with Crippen molar-refractivity contribution in [2.45, 2.75) is 24.2 Å². The van der Waals surface area contributed by atoms with Crippen molar-refractivity contribution in [3.05, 3.63) is 54.1 Å². The van der Waals surface area contributed by atoms with Gasteiger partial charge < -0.3 is 15.0 Å². The highest BCUT2D eigenvalue weighted by molar-refractivity contribution is 7.89. The zero-order valence-corrected chi connectivity index (χ0v) is 18.5. The number of sulfonamides is 1. The largest absolute Gasteiger partial charge is 0.497 e. The van der Waals surface area contributed by atoms with Gasteiger partial charge in [0.05, 0.1) is 18.6 Å². The summed E-state index contributed by atoms with van der Waals surface area (Å²) in [6.07, 6.45) is 2.69. The lowest BCUT2D eigenvalue weighted by molar-refractivity contribution is -0.116. The number of piperidine rings is 1. The minimum Gasteiger partial charge on any atom is -0.497 e. The van der Waals surface area contributed by atoms with Gasteiger partial charge in [0.1, 0.15) is 5.75 Å². The van der Waals surface area contributed by atoms with Crippen molar-refractivity contribution in [1.29, 1.82) is 0 Å². The van der Waals surface area contributed by atoms with E-state index < -0.39 is 15.9 Å². The maximum absolute atomic E-state index is 12.9. The molecular weight excluding hydrogens is 418 g/mol. The van der Waals surface area contributed by atoms with E-state index in [-0.39, 0.29) is 22.9 Å². The third kappa shape index (κ3) is 5.62. The zero-order chi connectivity index (χ0) is 22.4. The average molecular weight is 446 g/mol. The number of ether oxygens (including phenoxy) is 1. The van der Waals surface area contributed by atoms with E-state index in [1.807, 2.05) is 0 Å². The monoisotopic (exact) mass is 445 g/mol. The molecule has 1 aliphatic heterocycles. The number of methoxy groups -OCH3 is 1. The molecule has 2 aromatic carbocycles. The summed E-state index contributed by atoms with van der Waals surface area (Å²) in [5.74, 6) is -0.202. The molecule has 8 nitrogen and oxygen atoms in total. The lowest BCUT2D eigenvalue weighted by Crippen LogP contribution is -2.36. The smallest absolute Gasteiger partial charge is 0.254 e. The Kier molecular flexibility index (Phi) is 7.29. The van der Waals surface area contributed by atoms with Gasteiger partial charge in [-0.15, -0.1) is 0 Å². The van der Waals surface area contributed by atoms with E-state index in [4.69, 9.17) is 4.74 Å². The van der Waals surface area contributed by atoms with Crippen LogP contribution >= 0.6 is 0 Å². The fourth-order valence-corrected chi connectivity index (χ4v) is 5.02. The van der Waals surface area contributed by atoms with Crippen LogP contribution in [0.4, 0.5) is 5.69 Å². The number of hydrogen-bond donors (Lipinski definition) is 1. The van der Waals surface area contributed by atoms with Gasteiger partial charge in [0, 0.05) is 37.5 Å². The summed E-state index contributed by atoms with van der Waals surface area (Å²) in [5.41, 5.74) is 0.773. The van der Waals surface area contributed by atoms with Crippen molar-refractivity contribution < 1.29 is 22.7 Å². The molecule has 1 fully saturated rings. The van der Waals surface area contributed by atoms with Crippen molar-refractivity contribution in [2.24, 2.45) is 0 Å². The molecule has 1 saturated heterocycles. The van der Waals surface area contributed by atoms with Crippen molar-refractivity contribution >= 4 is 27.5 Å². The molecule has 0 atom stereocenters. The minimum absolute atomic E-state index is 0.0921. The Morgan fingerprint density at radius 1 is 1.06 bits per heavy atom. The van der Waals surface area contributed by atoms with Crippen molar-refractivity contribution in [3.8, 4) is 5.75 Å². The maximum Gasteiger partial charge on any atom is 0.254 e. The summed E-state index contributed by atoms with van der Waals surface area (Å²) in [5, 5.41) is 2.72. The van der Waals surface area contributed by atoms with Gasteiger partial charge in [-0.2, -0.15) is 4.31 Å². The maximum atomic E-state index is 12.9. The molecule has 0 saturated carbocycles. The number of hydrogen-bond acceptors (Lipinski definition) is 5. The number of nitrogens with zero attached hydrogens (tertiary/aromatic N) is 2. The van der Waals surface area contributed by atoms with Crippen LogP contribution in [-0.2, 0) is 14.8 Å². The number of amides is 2. The van der Waals surface area contributed by atoms with Crippen LogP contribution in [0.3, 0.4) is 0 Å². The zero-order valence-electron chi connectivity index (χ0n) is 17.7. The van der Waals surface area contributed by atoms with Crippen LogP contribution in [0.5, 0.6) is 5.75 Å². The van der Waals surface area contributed by atoms with Gasteiger partial charge in [-0.05, 0) is 43.2 Å². The van der Waals surface area contributed by atoms with E-state index in [0.29, 0.717) is 24.5 Å². The lowest BCUT2D eigenvalue weighted by Gasteiger charge is -2.26. The Morgan fingerprint density at radius 2 is 1.77 bits per heavy atom. The molecule has 0 radical (unpaired) electrons. The molecule has 0 aromatic heterocycles. The first-order valence-electron chi connectivity index (χ1n) is 10.1. The molecule has 0 aliphatic carbocycles. The molecule has 1 aliphatic rings. The third-order valence-corrected chi connectivity index (χ3v) is 7.01. The predicted octanol–water partition coefficient (Wildman–Crippen LogP) is 2.58. The summed E-state index contributed by atoms with van der Waals surface area (Å²) in [6, 6.07) is 12.9. The third-order valence-electron chi connectivity index (χ3n) is 5.11. The van der Waals surface area contributed by atoms with Gasteiger partial charge in [-0.25, -0.2) is 8.42 Å². The van der Waals surface area contributed by atoms with Gasteiger partial charge in [0.2, 0.25) is 15.9 Å². The van der Waals surface area contributed by atoms with E-state index >= 15 is 0 Å². The summed E-state index contributed by atoms with van der Waals surface area (Å²) < 4.78 is 32.4. The molecule has 0 unspecified atom stereocenters. The first-order chi connectivity index (χ1) is 14.8. The number of nitrogens with one attached hydrogen (secondary N) is 1. The molecule has 2 amide bonds. The summed E-state index contributed by atoms with van der Waals surface area (Å²) >= 11 is 0. The molecule has 3 rings (SSSR count). The van der Waals surface area contributed by atoms with Crippen molar-refractivity contribution in [3.63, 3.8) is 0 Å². The van der Waals surface area contributed by atoms with E-state index in [1.54, 1.807) is 36.4 Å². The second-order valence-electron chi connectivity index (χ2n) is 7.43. The van der Waals surface area contributed by atoms with E-state index in [0.717, 1.165) is 19.3 Å².